The van der Waals surface area contributed by atoms with Crippen LogP contribution in [-0.4, -0.2) is 15.7 Å². The first kappa shape index (κ1) is 19.3. The molecule has 0 aliphatic rings. The summed E-state index contributed by atoms with van der Waals surface area (Å²) in [5.41, 5.74) is 4.74. The Balaban J connectivity index is 1.54. The van der Waals surface area contributed by atoms with Crippen LogP contribution < -0.4 is 10.9 Å². The van der Waals surface area contributed by atoms with E-state index in [4.69, 9.17) is 0 Å². The monoisotopic (exact) mass is 395 g/mol. The molecule has 0 aliphatic carbocycles. The first-order chi connectivity index (χ1) is 14.6. The van der Waals surface area contributed by atoms with Crippen molar-refractivity contribution in [2.24, 2.45) is 0 Å². The minimum absolute atomic E-state index is 0.192. The molecule has 0 atom stereocenters. The molecular weight excluding hydrogens is 374 g/mol. The maximum atomic E-state index is 12.7. The quantitative estimate of drug-likeness (QED) is 0.540. The van der Waals surface area contributed by atoms with E-state index in [2.05, 4.69) is 10.4 Å². The zero-order chi connectivity index (χ0) is 20.9. The highest BCUT2D eigenvalue weighted by molar-refractivity contribution is 6.03. The van der Waals surface area contributed by atoms with Crippen molar-refractivity contribution in [1.29, 1.82) is 0 Å². The van der Waals surface area contributed by atoms with Crippen molar-refractivity contribution in [1.82, 2.24) is 9.78 Å². The number of aryl methyl sites for hydroxylation is 1. The zero-order valence-electron chi connectivity index (χ0n) is 16.6. The smallest absolute Gasteiger partial charge is 0.276 e. The molecule has 0 saturated heterocycles. The fourth-order valence-corrected chi connectivity index (χ4v) is 3.24. The molecule has 0 saturated carbocycles. The average molecular weight is 395 g/mol. The third-order valence-electron chi connectivity index (χ3n) is 4.86. The Morgan fingerprint density at radius 1 is 0.867 bits per heavy atom. The molecule has 30 heavy (non-hydrogen) atoms. The Kier molecular flexibility index (Phi) is 5.52. The molecule has 148 valence electrons. The molecule has 0 spiro atoms. The number of nitrogens with one attached hydrogen (secondary N) is 1. The van der Waals surface area contributed by atoms with E-state index in [1.807, 2.05) is 85.8 Å². The molecule has 0 radical (unpaired) electrons. The largest absolute Gasteiger partial charge is 0.320 e. The van der Waals surface area contributed by atoms with E-state index in [1.165, 1.54) is 16.8 Å². The van der Waals surface area contributed by atoms with Crippen LogP contribution >= 0.6 is 0 Å². The van der Waals surface area contributed by atoms with E-state index in [0.717, 1.165) is 22.3 Å². The number of aromatic nitrogens is 2. The van der Waals surface area contributed by atoms with Gasteiger partial charge in [0.2, 0.25) is 0 Å². The van der Waals surface area contributed by atoms with Crippen molar-refractivity contribution >= 4 is 11.6 Å². The van der Waals surface area contributed by atoms with Crippen molar-refractivity contribution in [3.63, 3.8) is 0 Å². The van der Waals surface area contributed by atoms with E-state index in [-0.39, 0.29) is 17.2 Å². The number of anilines is 1. The third kappa shape index (κ3) is 4.36. The fourth-order valence-electron chi connectivity index (χ4n) is 3.24. The van der Waals surface area contributed by atoms with Gasteiger partial charge in [-0.15, -0.1) is 0 Å². The third-order valence-corrected chi connectivity index (χ3v) is 4.86. The molecule has 5 nitrogen and oxygen atoms in total. The van der Waals surface area contributed by atoms with E-state index >= 15 is 0 Å². The van der Waals surface area contributed by atoms with Crippen molar-refractivity contribution < 1.29 is 4.79 Å². The normalized spacial score (nSPS) is 10.6. The van der Waals surface area contributed by atoms with Gasteiger partial charge in [-0.05, 0) is 47.4 Å². The highest BCUT2D eigenvalue weighted by atomic mass is 16.2. The first-order valence-electron chi connectivity index (χ1n) is 9.70. The topological polar surface area (TPSA) is 64.0 Å². The van der Waals surface area contributed by atoms with Gasteiger partial charge in [0.15, 0.2) is 0 Å². The number of carbonyl (C=O) groups excluding carboxylic acids is 1. The lowest BCUT2D eigenvalue weighted by molar-refractivity contribution is 0.102. The highest BCUT2D eigenvalue weighted by Crippen LogP contribution is 2.24. The van der Waals surface area contributed by atoms with Gasteiger partial charge in [-0.25, -0.2) is 4.68 Å². The standard InChI is InChI=1S/C25H21N3O2/c1-18-16-21(20-10-6-3-7-11-20)12-13-22(18)26-25(30)23-14-15-24(29)28(27-23)17-19-8-4-2-5-9-19/h2-16H,17H2,1H3,(H,26,30). The van der Waals surface area contributed by atoms with Crippen LogP contribution in [-0.2, 0) is 6.54 Å². The fraction of sp³-hybridized carbons (Fsp3) is 0.0800. The molecule has 1 aromatic heterocycles. The minimum Gasteiger partial charge on any atom is -0.320 e. The second-order valence-corrected chi connectivity index (χ2v) is 7.05. The van der Waals surface area contributed by atoms with Crippen LogP contribution in [0.2, 0.25) is 0 Å². The van der Waals surface area contributed by atoms with E-state index < -0.39 is 0 Å². The Morgan fingerprint density at radius 2 is 1.57 bits per heavy atom. The summed E-state index contributed by atoms with van der Waals surface area (Å²) in [6, 6.07) is 28.3. The van der Waals surface area contributed by atoms with Crippen LogP contribution in [0, 0.1) is 6.92 Å². The summed E-state index contributed by atoms with van der Waals surface area (Å²) >= 11 is 0. The molecule has 1 N–H and O–H groups in total. The maximum absolute atomic E-state index is 12.7. The molecule has 1 amide bonds. The Hall–Kier alpha value is -3.99. The van der Waals surface area contributed by atoms with Gasteiger partial charge in [0.05, 0.1) is 6.54 Å². The lowest BCUT2D eigenvalue weighted by Crippen LogP contribution is -2.26. The maximum Gasteiger partial charge on any atom is 0.276 e. The number of hydrogen-bond donors (Lipinski definition) is 1. The van der Waals surface area contributed by atoms with Crippen molar-refractivity contribution in [3.05, 3.63) is 118 Å². The Bertz CT molecular complexity index is 1230. The molecule has 0 fully saturated rings. The molecule has 0 unspecified atom stereocenters. The van der Waals surface area contributed by atoms with Crippen LogP contribution in [0.5, 0.6) is 0 Å². The lowest BCUT2D eigenvalue weighted by atomic mass is 10.0. The number of hydrogen-bond acceptors (Lipinski definition) is 3. The summed E-state index contributed by atoms with van der Waals surface area (Å²) in [5.74, 6) is -0.354. The summed E-state index contributed by atoms with van der Waals surface area (Å²) in [6.07, 6.45) is 0. The number of amides is 1. The summed E-state index contributed by atoms with van der Waals surface area (Å²) in [6.45, 7) is 2.26. The van der Waals surface area contributed by atoms with E-state index in [0.29, 0.717) is 12.2 Å². The van der Waals surface area contributed by atoms with Crippen molar-refractivity contribution in [2.45, 2.75) is 13.5 Å². The Labute approximate surface area is 174 Å². The SMILES string of the molecule is Cc1cc(-c2ccccc2)ccc1NC(=O)c1ccc(=O)n(Cc2ccccc2)n1. The van der Waals surface area contributed by atoms with Crippen LogP contribution in [0.25, 0.3) is 11.1 Å². The van der Waals surface area contributed by atoms with Crippen LogP contribution in [0.15, 0.2) is 95.8 Å². The van der Waals surface area contributed by atoms with E-state index in [1.54, 1.807) is 0 Å². The number of benzene rings is 3. The first-order valence-corrected chi connectivity index (χ1v) is 9.70. The van der Waals surface area contributed by atoms with Crippen LogP contribution in [0.3, 0.4) is 0 Å². The zero-order valence-corrected chi connectivity index (χ0v) is 16.6. The molecule has 1 heterocycles. The predicted octanol–water partition coefficient (Wildman–Crippen LogP) is 4.52. The summed E-state index contributed by atoms with van der Waals surface area (Å²) in [4.78, 5) is 24.9. The van der Waals surface area contributed by atoms with Gasteiger partial charge in [-0.1, -0.05) is 66.7 Å². The Morgan fingerprint density at radius 3 is 2.27 bits per heavy atom. The predicted molar refractivity (Wildman–Crippen MR) is 119 cm³/mol. The average Bonchev–Trinajstić information content (AvgIpc) is 2.78. The van der Waals surface area contributed by atoms with Gasteiger partial charge in [-0.2, -0.15) is 5.10 Å². The van der Waals surface area contributed by atoms with Gasteiger partial charge < -0.3 is 5.32 Å². The second-order valence-electron chi connectivity index (χ2n) is 7.05. The second kappa shape index (κ2) is 8.57. The lowest BCUT2D eigenvalue weighted by Gasteiger charge is -2.11. The molecule has 5 heteroatoms. The van der Waals surface area contributed by atoms with Crippen LogP contribution in [0.1, 0.15) is 21.6 Å². The van der Waals surface area contributed by atoms with Gasteiger partial charge in [0.1, 0.15) is 5.69 Å². The van der Waals surface area contributed by atoms with Gasteiger partial charge in [0, 0.05) is 11.8 Å². The van der Waals surface area contributed by atoms with Gasteiger partial charge in [-0.3, -0.25) is 9.59 Å². The summed E-state index contributed by atoms with van der Waals surface area (Å²) in [7, 11) is 0. The molecule has 3 aromatic carbocycles. The summed E-state index contributed by atoms with van der Waals surface area (Å²) < 4.78 is 1.30. The van der Waals surface area contributed by atoms with Crippen molar-refractivity contribution in [2.75, 3.05) is 5.32 Å². The summed E-state index contributed by atoms with van der Waals surface area (Å²) in [5, 5.41) is 7.15. The molecule has 0 aliphatic heterocycles. The molecule has 4 rings (SSSR count). The van der Waals surface area contributed by atoms with Gasteiger partial charge >= 0.3 is 0 Å². The molecular formula is C25H21N3O2. The van der Waals surface area contributed by atoms with Crippen molar-refractivity contribution in [3.8, 4) is 11.1 Å². The molecule has 4 aromatic rings. The highest BCUT2D eigenvalue weighted by Gasteiger charge is 2.12. The molecule has 0 bridgehead atoms. The van der Waals surface area contributed by atoms with E-state index in [9.17, 15) is 9.59 Å². The number of rotatable bonds is 5. The minimum atomic E-state index is -0.354. The van der Waals surface area contributed by atoms with Gasteiger partial charge in [0.25, 0.3) is 11.5 Å². The van der Waals surface area contributed by atoms with Crippen LogP contribution in [0.4, 0.5) is 5.69 Å². The number of carbonyl (C=O) groups is 1. The number of nitrogens with zero attached hydrogens (tertiary/aromatic N) is 2.